The lowest BCUT2D eigenvalue weighted by atomic mass is 10.1. The van der Waals surface area contributed by atoms with Crippen molar-refractivity contribution in [2.45, 2.75) is 13.3 Å². The van der Waals surface area contributed by atoms with Gasteiger partial charge in [0.05, 0.1) is 12.0 Å². The predicted molar refractivity (Wildman–Crippen MR) is 105 cm³/mol. The highest BCUT2D eigenvalue weighted by Gasteiger charge is 2.14. The summed E-state index contributed by atoms with van der Waals surface area (Å²) < 4.78 is 6.24. The fraction of sp³-hybridized carbons (Fsp3) is 0.105. The van der Waals surface area contributed by atoms with E-state index < -0.39 is 0 Å². The standard InChI is InChI=1S/C19H13BrClN3O2/c1-10-2-3-11(15(21)6-10)9-17-23-18(24-26-17)14-8-12-7-13(20)4-5-16(12)22-19(14)25/h2-8H,9H2,1H3,(H,22,25). The molecule has 26 heavy (non-hydrogen) atoms. The van der Waals surface area contributed by atoms with Crippen molar-refractivity contribution in [3.63, 3.8) is 0 Å². The predicted octanol–water partition coefficient (Wildman–Crippen LogP) is 4.89. The zero-order valence-electron chi connectivity index (χ0n) is 13.7. The van der Waals surface area contributed by atoms with E-state index in [-0.39, 0.29) is 11.4 Å². The first kappa shape index (κ1) is 17.0. The average molecular weight is 431 g/mol. The zero-order chi connectivity index (χ0) is 18.3. The van der Waals surface area contributed by atoms with Crippen LogP contribution in [0.5, 0.6) is 0 Å². The molecule has 0 aliphatic carbocycles. The van der Waals surface area contributed by atoms with E-state index in [2.05, 4.69) is 31.1 Å². The van der Waals surface area contributed by atoms with Gasteiger partial charge in [-0.2, -0.15) is 4.98 Å². The molecular formula is C19H13BrClN3O2. The van der Waals surface area contributed by atoms with Crippen molar-refractivity contribution in [3.05, 3.63) is 79.3 Å². The van der Waals surface area contributed by atoms with E-state index in [1.54, 1.807) is 6.07 Å². The van der Waals surface area contributed by atoms with Crippen LogP contribution >= 0.6 is 27.5 Å². The monoisotopic (exact) mass is 429 g/mol. The maximum atomic E-state index is 12.4. The third kappa shape index (κ3) is 3.30. The van der Waals surface area contributed by atoms with Crippen molar-refractivity contribution in [1.29, 1.82) is 0 Å². The molecule has 0 radical (unpaired) electrons. The number of benzene rings is 2. The number of pyridine rings is 1. The molecule has 2 aromatic carbocycles. The van der Waals surface area contributed by atoms with E-state index in [9.17, 15) is 4.79 Å². The Morgan fingerprint density at radius 1 is 1.19 bits per heavy atom. The fourth-order valence-electron chi connectivity index (χ4n) is 2.74. The maximum absolute atomic E-state index is 12.4. The second kappa shape index (κ2) is 6.70. The molecule has 0 atom stereocenters. The van der Waals surface area contributed by atoms with Crippen molar-refractivity contribution in [3.8, 4) is 11.4 Å². The summed E-state index contributed by atoms with van der Waals surface area (Å²) in [6.45, 7) is 1.98. The van der Waals surface area contributed by atoms with Crippen LogP contribution in [0.15, 0.2) is 56.3 Å². The average Bonchev–Trinajstić information content (AvgIpc) is 3.05. The molecule has 4 aromatic rings. The number of aromatic amines is 1. The Hall–Kier alpha value is -2.44. The van der Waals surface area contributed by atoms with Crippen molar-refractivity contribution >= 4 is 38.4 Å². The Labute approximate surface area is 162 Å². The summed E-state index contributed by atoms with van der Waals surface area (Å²) in [4.78, 5) is 19.6. The topological polar surface area (TPSA) is 71.8 Å². The zero-order valence-corrected chi connectivity index (χ0v) is 16.1. The van der Waals surface area contributed by atoms with Crippen LogP contribution in [0.2, 0.25) is 5.02 Å². The van der Waals surface area contributed by atoms with E-state index >= 15 is 0 Å². The molecule has 0 aliphatic rings. The molecule has 2 heterocycles. The van der Waals surface area contributed by atoms with Crippen LogP contribution in [0.3, 0.4) is 0 Å². The highest BCUT2D eigenvalue weighted by atomic mass is 79.9. The van der Waals surface area contributed by atoms with Crippen LogP contribution in [0.25, 0.3) is 22.3 Å². The number of nitrogens with one attached hydrogen (secondary N) is 1. The Kier molecular flexibility index (Phi) is 4.38. The third-order valence-electron chi connectivity index (χ3n) is 4.07. The second-order valence-electron chi connectivity index (χ2n) is 6.03. The molecule has 5 nitrogen and oxygen atoms in total. The van der Waals surface area contributed by atoms with Gasteiger partial charge in [-0.05, 0) is 48.4 Å². The van der Waals surface area contributed by atoms with Crippen LogP contribution in [0, 0.1) is 6.92 Å². The van der Waals surface area contributed by atoms with Gasteiger partial charge < -0.3 is 9.51 Å². The Morgan fingerprint density at radius 3 is 2.85 bits per heavy atom. The van der Waals surface area contributed by atoms with Crippen molar-refractivity contribution < 1.29 is 4.52 Å². The fourth-order valence-corrected chi connectivity index (χ4v) is 3.42. The van der Waals surface area contributed by atoms with Crippen molar-refractivity contribution in [2.24, 2.45) is 0 Å². The minimum Gasteiger partial charge on any atom is -0.339 e. The largest absolute Gasteiger partial charge is 0.339 e. The summed E-state index contributed by atoms with van der Waals surface area (Å²) in [5.74, 6) is 0.658. The van der Waals surface area contributed by atoms with Crippen molar-refractivity contribution in [1.82, 2.24) is 15.1 Å². The maximum Gasteiger partial charge on any atom is 0.259 e. The molecule has 1 N–H and O–H groups in total. The Balaban J connectivity index is 1.70. The van der Waals surface area contributed by atoms with Gasteiger partial charge in [-0.3, -0.25) is 4.79 Å². The van der Waals surface area contributed by atoms with E-state index in [0.717, 1.165) is 26.5 Å². The van der Waals surface area contributed by atoms with Crippen LogP contribution < -0.4 is 5.56 Å². The quantitative estimate of drug-likeness (QED) is 0.502. The minimum atomic E-state index is -0.263. The lowest BCUT2D eigenvalue weighted by Crippen LogP contribution is -2.09. The molecule has 4 rings (SSSR count). The van der Waals surface area contributed by atoms with Gasteiger partial charge in [0, 0.05) is 20.4 Å². The summed E-state index contributed by atoms with van der Waals surface area (Å²) >= 11 is 9.69. The lowest BCUT2D eigenvalue weighted by molar-refractivity contribution is 0.385. The Bertz CT molecular complexity index is 1180. The highest BCUT2D eigenvalue weighted by Crippen LogP contribution is 2.23. The molecule has 0 saturated heterocycles. The number of hydrogen-bond donors (Lipinski definition) is 1. The Morgan fingerprint density at radius 2 is 2.04 bits per heavy atom. The smallest absolute Gasteiger partial charge is 0.259 e. The molecule has 0 amide bonds. The number of halogens is 2. The first-order chi connectivity index (χ1) is 12.5. The second-order valence-corrected chi connectivity index (χ2v) is 7.35. The molecule has 7 heteroatoms. The highest BCUT2D eigenvalue weighted by molar-refractivity contribution is 9.10. The molecule has 0 aliphatic heterocycles. The van der Waals surface area contributed by atoms with E-state index in [4.69, 9.17) is 16.1 Å². The molecule has 0 saturated carbocycles. The number of aryl methyl sites for hydroxylation is 1. The molecule has 2 aromatic heterocycles. The van der Waals surface area contributed by atoms with Crippen LogP contribution in [0.4, 0.5) is 0 Å². The van der Waals surface area contributed by atoms with E-state index in [0.29, 0.717) is 22.9 Å². The minimum absolute atomic E-state index is 0.256. The summed E-state index contributed by atoms with van der Waals surface area (Å²) in [7, 11) is 0. The first-order valence-corrected chi connectivity index (χ1v) is 9.07. The van der Waals surface area contributed by atoms with Gasteiger partial charge in [0.25, 0.3) is 5.56 Å². The number of H-pyrrole nitrogens is 1. The molecule has 130 valence electrons. The van der Waals surface area contributed by atoms with Gasteiger partial charge in [0.15, 0.2) is 0 Å². The molecule has 0 bridgehead atoms. The van der Waals surface area contributed by atoms with Gasteiger partial charge in [-0.25, -0.2) is 0 Å². The van der Waals surface area contributed by atoms with Crippen LogP contribution in [0.1, 0.15) is 17.0 Å². The van der Waals surface area contributed by atoms with E-state index in [1.807, 2.05) is 43.3 Å². The first-order valence-electron chi connectivity index (χ1n) is 7.90. The van der Waals surface area contributed by atoms with Gasteiger partial charge in [-0.15, -0.1) is 0 Å². The summed E-state index contributed by atoms with van der Waals surface area (Å²) in [6.07, 6.45) is 0.406. The van der Waals surface area contributed by atoms with Gasteiger partial charge in [0.1, 0.15) is 0 Å². The van der Waals surface area contributed by atoms with Gasteiger partial charge in [0.2, 0.25) is 11.7 Å². The normalized spacial score (nSPS) is 11.2. The van der Waals surface area contributed by atoms with Gasteiger partial charge >= 0.3 is 0 Å². The van der Waals surface area contributed by atoms with Crippen LogP contribution in [-0.4, -0.2) is 15.1 Å². The number of rotatable bonds is 3. The SMILES string of the molecule is Cc1ccc(Cc2nc(-c3cc4cc(Br)ccc4[nH]c3=O)no2)c(Cl)c1. The molecule has 0 unspecified atom stereocenters. The summed E-state index contributed by atoms with van der Waals surface area (Å²) in [5.41, 5.74) is 2.82. The third-order valence-corrected chi connectivity index (χ3v) is 4.91. The number of nitrogens with zero attached hydrogens (tertiary/aromatic N) is 2. The number of aromatic nitrogens is 3. The molecular weight excluding hydrogens is 418 g/mol. The van der Waals surface area contributed by atoms with Gasteiger partial charge in [-0.1, -0.05) is 44.8 Å². The lowest BCUT2D eigenvalue weighted by Gasteiger charge is -2.02. The summed E-state index contributed by atoms with van der Waals surface area (Å²) in [6, 6.07) is 13.2. The number of hydrogen-bond acceptors (Lipinski definition) is 4. The van der Waals surface area contributed by atoms with E-state index in [1.165, 1.54) is 0 Å². The molecule has 0 spiro atoms. The number of fused-ring (bicyclic) bond motifs is 1. The van der Waals surface area contributed by atoms with Crippen molar-refractivity contribution in [2.75, 3.05) is 0 Å². The molecule has 0 fully saturated rings. The summed E-state index contributed by atoms with van der Waals surface area (Å²) in [5, 5.41) is 5.49. The van der Waals surface area contributed by atoms with Crippen LogP contribution in [-0.2, 0) is 6.42 Å².